The normalized spacial score (nSPS) is 18.4. The van der Waals surface area contributed by atoms with E-state index in [1.807, 2.05) is 24.3 Å². The molecule has 1 aliphatic rings. The quantitative estimate of drug-likeness (QED) is 0.668. The van der Waals surface area contributed by atoms with Crippen molar-refractivity contribution in [3.63, 3.8) is 0 Å². The maximum atomic E-state index is 13.8. The Hall–Kier alpha value is -3.13. The van der Waals surface area contributed by atoms with E-state index in [-0.39, 0.29) is 18.3 Å². The monoisotopic (exact) mass is 410 g/mol. The van der Waals surface area contributed by atoms with Gasteiger partial charge < -0.3 is 10.2 Å². The van der Waals surface area contributed by atoms with Crippen molar-refractivity contribution in [2.24, 2.45) is 0 Å². The molecule has 0 radical (unpaired) electrons. The molecule has 6 nitrogen and oxygen atoms in total. The van der Waals surface area contributed by atoms with E-state index in [9.17, 15) is 14.0 Å². The van der Waals surface area contributed by atoms with E-state index in [1.165, 1.54) is 33.6 Å². The summed E-state index contributed by atoms with van der Waals surface area (Å²) in [6.07, 6.45) is 3.10. The minimum Gasteiger partial charge on any atom is -0.322 e. The summed E-state index contributed by atoms with van der Waals surface area (Å²) in [6, 6.07) is 13.9. The number of nitrogens with zero attached hydrogens (tertiary/aromatic N) is 3. The van der Waals surface area contributed by atoms with Crippen molar-refractivity contribution in [2.45, 2.75) is 23.1 Å². The first-order chi connectivity index (χ1) is 13.9. The molecule has 29 heavy (non-hydrogen) atoms. The SMILES string of the molecule is CN1C(=O)C(C)(C(=O)Nc2cnn(Cc3ccccc3F)c2)Sc2ccccc21. The molecule has 1 atom stereocenters. The van der Waals surface area contributed by atoms with Gasteiger partial charge >= 0.3 is 0 Å². The minimum absolute atomic E-state index is 0.240. The molecule has 8 heteroatoms. The Kier molecular flexibility index (Phi) is 4.87. The van der Waals surface area contributed by atoms with Crippen molar-refractivity contribution in [1.29, 1.82) is 0 Å². The molecule has 148 valence electrons. The first-order valence-electron chi connectivity index (χ1n) is 9.02. The molecule has 1 aromatic heterocycles. The summed E-state index contributed by atoms with van der Waals surface area (Å²) in [5.41, 5.74) is 1.73. The zero-order valence-corrected chi connectivity index (χ0v) is 16.7. The predicted octanol–water partition coefficient (Wildman–Crippen LogP) is 3.54. The van der Waals surface area contributed by atoms with E-state index in [4.69, 9.17) is 0 Å². The number of anilines is 2. The molecule has 4 rings (SSSR count). The van der Waals surface area contributed by atoms with Gasteiger partial charge in [-0.15, -0.1) is 0 Å². The Labute approximate surface area is 171 Å². The second kappa shape index (κ2) is 7.36. The molecule has 2 heterocycles. The number of nitrogens with one attached hydrogen (secondary N) is 1. The summed E-state index contributed by atoms with van der Waals surface area (Å²) in [5, 5.41) is 6.95. The van der Waals surface area contributed by atoms with Crippen LogP contribution >= 0.6 is 11.8 Å². The molecule has 1 N–H and O–H groups in total. The third kappa shape index (κ3) is 3.51. The number of benzene rings is 2. The number of amides is 2. The van der Waals surface area contributed by atoms with Gasteiger partial charge in [0.05, 0.1) is 24.1 Å². The number of fused-ring (bicyclic) bond motifs is 1. The molecule has 0 spiro atoms. The second-order valence-electron chi connectivity index (χ2n) is 6.94. The zero-order chi connectivity index (χ0) is 20.6. The molecule has 2 aromatic carbocycles. The highest BCUT2D eigenvalue weighted by molar-refractivity contribution is 8.02. The van der Waals surface area contributed by atoms with E-state index < -0.39 is 10.7 Å². The number of carbonyl (C=O) groups is 2. The number of hydrogen-bond donors (Lipinski definition) is 1. The highest BCUT2D eigenvalue weighted by Gasteiger charge is 2.48. The lowest BCUT2D eigenvalue weighted by atomic mass is 10.1. The Morgan fingerprint density at radius 2 is 1.93 bits per heavy atom. The van der Waals surface area contributed by atoms with Crippen molar-refractivity contribution in [2.75, 3.05) is 17.3 Å². The predicted molar refractivity (Wildman–Crippen MR) is 110 cm³/mol. The van der Waals surface area contributed by atoms with Gasteiger partial charge in [-0.25, -0.2) is 4.39 Å². The van der Waals surface area contributed by atoms with E-state index in [1.54, 1.807) is 38.4 Å². The molecule has 0 bridgehead atoms. The number of para-hydroxylation sites is 1. The summed E-state index contributed by atoms with van der Waals surface area (Å²) >= 11 is 1.23. The van der Waals surface area contributed by atoms with Gasteiger partial charge in [0.25, 0.3) is 5.91 Å². The zero-order valence-electron chi connectivity index (χ0n) is 15.9. The number of halogens is 1. The number of carbonyl (C=O) groups excluding carboxylic acids is 2. The fraction of sp³-hybridized carbons (Fsp3) is 0.190. The number of rotatable bonds is 4. The Bertz CT molecular complexity index is 1100. The summed E-state index contributed by atoms with van der Waals surface area (Å²) in [6.45, 7) is 1.86. The van der Waals surface area contributed by atoms with Crippen LogP contribution in [-0.2, 0) is 16.1 Å². The fourth-order valence-electron chi connectivity index (χ4n) is 3.22. The molecule has 0 saturated heterocycles. The molecule has 1 aliphatic heterocycles. The van der Waals surface area contributed by atoms with Gasteiger partial charge in [-0.2, -0.15) is 5.10 Å². The average molecular weight is 410 g/mol. The van der Waals surface area contributed by atoms with E-state index in [0.717, 1.165) is 10.6 Å². The standard InChI is InChI=1S/C21H19FN4O2S/c1-21(20(28)25(2)17-9-5-6-10-18(17)29-21)19(27)24-15-11-23-26(13-15)12-14-7-3-4-8-16(14)22/h3-11,13H,12H2,1-2H3,(H,24,27). The lowest BCUT2D eigenvalue weighted by molar-refractivity contribution is -0.128. The Morgan fingerprint density at radius 3 is 2.72 bits per heavy atom. The summed E-state index contributed by atoms with van der Waals surface area (Å²) in [4.78, 5) is 28.3. The van der Waals surface area contributed by atoms with Crippen LogP contribution in [0.4, 0.5) is 15.8 Å². The van der Waals surface area contributed by atoms with Gasteiger partial charge in [0.1, 0.15) is 5.82 Å². The van der Waals surface area contributed by atoms with E-state index in [2.05, 4.69) is 10.4 Å². The molecule has 0 aliphatic carbocycles. The first-order valence-corrected chi connectivity index (χ1v) is 9.83. The van der Waals surface area contributed by atoms with Gasteiger partial charge in [-0.1, -0.05) is 42.1 Å². The Balaban J connectivity index is 1.52. The van der Waals surface area contributed by atoms with Crippen LogP contribution in [0.1, 0.15) is 12.5 Å². The third-order valence-corrected chi connectivity index (χ3v) is 6.20. The fourth-order valence-corrected chi connectivity index (χ4v) is 4.49. The molecule has 0 saturated carbocycles. The van der Waals surface area contributed by atoms with Gasteiger partial charge in [0.2, 0.25) is 5.91 Å². The first kappa shape index (κ1) is 19.2. The van der Waals surface area contributed by atoms with Crippen LogP contribution in [-0.4, -0.2) is 33.4 Å². The second-order valence-corrected chi connectivity index (χ2v) is 8.40. The summed E-state index contributed by atoms with van der Waals surface area (Å²) in [7, 11) is 1.67. The number of aromatic nitrogens is 2. The van der Waals surface area contributed by atoms with Crippen LogP contribution in [0.2, 0.25) is 0 Å². The lowest BCUT2D eigenvalue weighted by Crippen LogP contribution is -2.53. The van der Waals surface area contributed by atoms with Gasteiger partial charge in [0.15, 0.2) is 4.75 Å². The summed E-state index contributed by atoms with van der Waals surface area (Å²) < 4.78 is 14.1. The molecular weight excluding hydrogens is 391 g/mol. The third-order valence-electron chi connectivity index (χ3n) is 4.87. The lowest BCUT2D eigenvalue weighted by Gasteiger charge is -2.36. The largest absolute Gasteiger partial charge is 0.322 e. The van der Waals surface area contributed by atoms with Crippen LogP contribution in [0.3, 0.4) is 0 Å². The number of hydrogen-bond acceptors (Lipinski definition) is 4. The molecule has 3 aromatic rings. The topological polar surface area (TPSA) is 67.2 Å². The molecule has 2 amide bonds. The van der Waals surface area contributed by atoms with Crippen molar-refractivity contribution < 1.29 is 14.0 Å². The molecule has 0 fully saturated rings. The highest BCUT2D eigenvalue weighted by Crippen LogP contribution is 2.45. The van der Waals surface area contributed by atoms with Crippen molar-refractivity contribution in [3.8, 4) is 0 Å². The van der Waals surface area contributed by atoms with Crippen LogP contribution in [0, 0.1) is 5.82 Å². The van der Waals surface area contributed by atoms with Crippen molar-refractivity contribution >= 4 is 35.0 Å². The van der Waals surface area contributed by atoms with E-state index in [0.29, 0.717) is 11.3 Å². The minimum atomic E-state index is -1.31. The van der Waals surface area contributed by atoms with Crippen LogP contribution in [0.5, 0.6) is 0 Å². The molecular formula is C21H19FN4O2S. The molecule has 1 unspecified atom stereocenters. The smallest absolute Gasteiger partial charge is 0.252 e. The van der Waals surface area contributed by atoms with Crippen LogP contribution in [0.15, 0.2) is 65.8 Å². The number of thioether (sulfide) groups is 1. The van der Waals surface area contributed by atoms with Gasteiger partial charge in [-0.3, -0.25) is 14.3 Å². The Morgan fingerprint density at radius 1 is 1.21 bits per heavy atom. The van der Waals surface area contributed by atoms with Gasteiger partial charge in [0, 0.05) is 23.7 Å². The van der Waals surface area contributed by atoms with Crippen molar-refractivity contribution in [1.82, 2.24) is 9.78 Å². The van der Waals surface area contributed by atoms with Crippen LogP contribution in [0.25, 0.3) is 0 Å². The maximum Gasteiger partial charge on any atom is 0.252 e. The van der Waals surface area contributed by atoms with Gasteiger partial charge in [-0.05, 0) is 25.1 Å². The van der Waals surface area contributed by atoms with E-state index >= 15 is 0 Å². The van der Waals surface area contributed by atoms with Crippen molar-refractivity contribution in [3.05, 3.63) is 72.3 Å². The summed E-state index contributed by atoms with van der Waals surface area (Å²) in [5.74, 6) is -1.04. The maximum absolute atomic E-state index is 13.8. The average Bonchev–Trinajstić information content (AvgIpc) is 3.15. The van der Waals surface area contributed by atoms with Crippen LogP contribution < -0.4 is 10.2 Å². The highest BCUT2D eigenvalue weighted by atomic mass is 32.2.